The van der Waals surface area contributed by atoms with Crippen LogP contribution < -0.4 is 5.32 Å². The minimum atomic E-state index is -1.17. The fraction of sp³-hybridized carbons (Fsp3) is 0.609. The van der Waals surface area contributed by atoms with Crippen LogP contribution in [0.3, 0.4) is 0 Å². The van der Waals surface area contributed by atoms with E-state index in [-0.39, 0.29) is 25.4 Å². The summed E-state index contributed by atoms with van der Waals surface area (Å²) in [5.74, 6) is -1.24. The van der Waals surface area contributed by atoms with Gasteiger partial charge in [-0.1, -0.05) is 49.6 Å². The molecule has 2 aliphatic rings. The van der Waals surface area contributed by atoms with E-state index >= 15 is 0 Å². The summed E-state index contributed by atoms with van der Waals surface area (Å²) in [7, 11) is 0. The van der Waals surface area contributed by atoms with Crippen molar-refractivity contribution in [2.45, 2.75) is 63.6 Å². The molecular formula is C23H33N3O5. The van der Waals surface area contributed by atoms with Gasteiger partial charge in [0.25, 0.3) is 0 Å². The van der Waals surface area contributed by atoms with Crippen LogP contribution in [0.2, 0.25) is 0 Å². The summed E-state index contributed by atoms with van der Waals surface area (Å²) in [4.78, 5) is 40.4. The first kappa shape index (κ1) is 23.1. The van der Waals surface area contributed by atoms with Crippen LogP contribution in [-0.2, 0) is 20.9 Å². The summed E-state index contributed by atoms with van der Waals surface area (Å²) >= 11 is 0. The Morgan fingerprint density at radius 2 is 1.71 bits per heavy atom. The van der Waals surface area contributed by atoms with Gasteiger partial charge in [-0.15, -0.1) is 0 Å². The van der Waals surface area contributed by atoms with Crippen molar-refractivity contribution in [2.24, 2.45) is 0 Å². The quantitative estimate of drug-likeness (QED) is 0.657. The second-order valence-corrected chi connectivity index (χ2v) is 8.34. The Hall–Kier alpha value is -2.61. The van der Waals surface area contributed by atoms with Gasteiger partial charge in [-0.3, -0.25) is 9.69 Å². The van der Waals surface area contributed by atoms with Crippen LogP contribution in [0.4, 0.5) is 4.79 Å². The number of nitrogens with one attached hydrogen (secondary N) is 1. The topological polar surface area (TPSA) is 99.2 Å². The first-order valence-corrected chi connectivity index (χ1v) is 11.2. The average Bonchev–Trinajstić information content (AvgIpc) is 2.81. The molecule has 8 nitrogen and oxygen atoms in total. The number of ether oxygens (including phenoxy) is 1. The fourth-order valence-electron chi connectivity index (χ4n) is 4.37. The minimum Gasteiger partial charge on any atom is -0.480 e. The van der Waals surface area contributed by atoms with Crippen LogP contribution >= 0.6 is 0 Å². The van der Waals surface area contributed by atoms with Crippen molar-refractivity contribution >= 4 is 18.0 Å². The summed E-state index contributed by atoms with van der Waals surface area (Å²) in [5, 5.41) is 11.8. The molecule has 1 aromatic carbocycles. The van der Waals surface area contributed by atoms with Gasteiger partial charge < -0.3 is 20.1 Å². The van der Waals surface area contributed by atoms with Gasteiger partial charge in [-0.05, 0) is 24.8 Å². The Morgan fingerprint density at radius 1 is 1.03 bits per heavy atom. The summed E-state index contributed by atoms with van der Waals surface area (Å²) in [5.41, 5.74) is 0.812. The molecule has 1 aromatic rings. The van der Waals surface area contributed by atoms with Crippen molar-refractivity contribution in [1.82, 2.24) is 15.1 Å². The fourth-order valence-corrected chi connectivity index (χ4v) is 4.37. The van der Waals surface area contributed by atoms with Crippen LogP contribution in [0.25, 0.3) is 0 Å². The molecule has 3 rings (SSSR count). The van der Waals surface area contributed by atoms with Crippen molar-refractivity contribution in [2.75, 3.05) is 26.2 Å². The van der Waals surface area contributed by atoms with Gasteiger partial charge in [-0.25, -0.2) is 9.59 Å². The van der Waals surface area contributed by atoms with E-state index in [1.54, 1.807) is 0 Å². The SMILES string of the molecule is O=C(N[C@@H](CCC(=O)N1CCN(C2CCCCC2)CC1)C(=O)O)OCc1ccccc1. The number of carbonyl (C=O) groups is 3. The number of carboxylic acids is 1. The number of hydrogen-bond acceptors (Lipinski definition) is 5. The molecule has 8 heteroatoms. The monoisotopic (exact) mass is 431 g/mol. The maximum atomic E-state index is 12.6. The predicted octanol–water partition coefficient (Wildman–Crippen LogP) is 2.62. The summed E-state index contributed by atoms with van der Waals surface area (Å²) in [6.07, 6.45) is 5.73. The number of rotatable bonds is 8. The highest BCUT2D eigenvalue weighted by Crippen LogP contribution is 2.23. The van der Waals surface area contributed by atoms with E-state index in [1.165, 1.54) is 32.1 Å². The Kier molecular flexibility index (Phi) is 8.70. The molecule has 170 valence electrons. The highest BCUT2D eigenvalue weighted by molar-refractivity contribution is 5.81. The predicted molar refractivity (Wildman–Crippen MR) is 115 cm³/mol. The van der Waals surface area contributed by atoms with Crippen molar-refractivity contribution in [1.29, 1.82) is 0 Å². The standard InChI is InChI=1S/C23H33N3O5/c27-21(26-15-13-25(14-16-26)19-9-5-2-6-10-19)12-11-20(22(28)29)24-23(30)31-17-18-7-3-1-4-8-18/h1,3-4,7-8,19-20H,2,5-6,9-17H2,(H,24,30)(H,28,29)/t20-/m0/s1. The largest absolute Gasteiger partial charge is 0.480 e. The van der Waals surface area contributed by atoms with E-state index in [0.29, 0.717) is 19.1 Å². The van der Waals surface area contributed by atoms with Crippen LogP contribution in [0.15, 0.2) is 30.3 Å². The molecule has 0 spiro atoms. The van der Waals surface area contributed by atoms with Crippen LogP contribution in [0.1, 0.15) is 50.5 Å². The lowest BCUT2D eigenvalue weighted by Gasteiger charge is -2.40. The molecule has 2 N–H and O–H groups in total. The molecule has 0 aromatic heterocycles. The lowest BCUT2D eigenvalue weighted by Crippen LogP contribution is -2.52. The molecular weight excluding hydrogens is 398 g/mol. The molecule has 1 aliphatic carbocycles. The Morgan fingerprint density at radius 3 is 2.35 bits per heavy atom. The molecule has 2 fully saturated rings. The van der Waals surface area contributed by atoms with Gasteiger partial charge in [-0.2, -0.15) is 0 Å². The number of piperazine rings is 1. The Bertz CT molecular complexity index is 728. The van der Waals surface area contributed by atoms with Gasteiger partial charge in [0.2, 0.25) is 5.91 Å². The van der Waals surface area contributed by atoms with Crippen molar-refractivity contribution in [3.63, 3.8) is 0 Å². The van der Waals surface area contributed by atoms with Crippen LogP contribution in [0.5, 0.6) is 0 Å². The molecule has 2 amide bonds. The number of nitrogens with zero attached hydrogens (tertiary/aromatic N) is 2. The van der Waals surface area contributed by atoms with Crippen molar-refractivity contribution in [3.05, 3.63) is 35.9 Å². The van der Waals surface area contributed by atoms with Gasteiger partial charge in [0.15, 0.2) is 0 Å². The number of aliphatic carboxylic acids is 1. The molecule has 1 atom stereocenters. The number of carboxylic acid groups (broad SMARTS) is 1. The molecule has 31 heavy (non-hydrogen) atoms. The lowest BCUT2D eigenvalue weighted by atomic mass is 9.94. The molecule has 1 heterocycles. The van der Waals surface area contributed by atoms with E-state index in [9.17, 15) is 19.5 Å². The van der Waals surface area contributed by atoms with E-state index in [2.05, 4.69) is 10.2 Å². The summed E-state index contributed by atoms with van der Waals surface area (Å²) in [6, 6.07) is 8.64. The number of alkyl carbamates (subject to hydrolysis) is 1. The third-order valence-corrected chi connectivity index (χ3v) is 6.21. The number of amides is 2. The van der Waals surface area contributed by atoms with Crippen molar-refractivity contribution in [3.8, 4) is 0 Å². The molecule has 0 unspecified atom stereocenters. The zero-order chi connectivity index (χ0) is 22.1. The number of hydrogen-bond donors (Lipinski definition) is 2. The third kappa shape index (κ3) is 7.24. The zero-order valence-electron chi connectivity index (χ0n) is 18.0. The van der Waals surface area contributed by atoms with Gasteiger partial charge in [0.1, 0.15) is 12.6 Å². The van der Waals surface area contributed by atoms with Gasteiger partial charge in [0.05, 0.1) is 0 Å². The van der Waals surface area contributed by atoms with E-state index in [1.807, 2.05) is 35.2 Å². The normalized spacial score (nSPS) is 18.9. The number of benzene rings is 1. The Labute approximate surface area is 183 Å². The second-order valence-electron chi connectivity index (χ2n) is 8.34. The van der Waals surface area contributed by atoms with E-state index in [0.717, 1.165) is 18.7 Å². The second kappa shape index (κ2) is 11.7. The minimum absolute atomic E-state index is 0.0391. The zero-order valence-corrected chi connectivity index (χ0v) is 18.0. The molecule has 1 saturated heterocycles. The van der Waals surface area contributed by atoms with Gasteiger partial charge >= 0.3 is 12.1 Å². The smallest absolute Gasteiger partial charge is 0.408 e. The maximum absolute atomic E-state index is 12.6. The summed E-state index contributed by atoms with van der Waals surface area (Å²) in [6.45, 7) is 3.17. The molecule has 0 radical (unpaired) electrons. The van der Waals surface area contributed by atoms with Crippen LogP contribution in [-0.4, -0.2) is 71.1 Å². The lowest BCUT2D eigenvalue weighted by molar-refractivity contribution is -0.140. The first-order valence-electron chi connectivity index (χ1n) is 11.2. The van der Waals surface area contributed by atoms with Gasteiger partial charge in [0, 0.05) is 38.6 Å². The average molecular weight is 432 g/mol. The molecule has 0 bridgehead atoms. The maximum Gasteiger partial charge on any atom is 0.408 e. The van der Waals surface area contributed by atoms with Crippen LogP contribution in [0, 0.1) is 0 Å². The van der Waals surface area contributed by atoms with E-state index in [4.69, 9.17) is 4.74 Å². The molecule has 1 saturated carbocycles. The summed E-state index contributed by atoms with van der Waals surface area (Å²) < 4.78 is 5.09. The Balaban J connectivity index is 1.38. The molecule has 1 aliphatic heterocycles. The third-order valence-electron chi connectivity index (χ3n) is 6.21. The van der Waals surface area contributed by atoms with Crippen molar-refractivity contribution < 1.29 is 24.2 Å². The highest BCUT2D eigenvalue weighted by Gasteiger charge is 2.28. The number of carbonyl (C=O) groups excluding carboxylic acids is 2. The van der Waals surface area contributed by atoms with E-state index < -0.39 is 18.1 Å². The first-order chi connectivity index (χ1) is 15.0. The highest BCUT2D eigenvalue weighted by atomic mass is 16.5.